The molecule has 1 aromatic heterocycles. The Bertz CT molecular complexity index is 1360. The van der Waals surface area contributed by atoms with Gasteiger partial charge in [0.15, 0.2) is 6.17 Å². The van der Waals surface area contributed by atoms with Crippen LogP contribution in [0, 0.1) is 0 Å². The minimum Gasteiger partial charge on any atom is -0.323 e. The van der Waals surface area contributed by atoms with Gasteiger partial charge >= 0.3 is 6.18 Å². The molecular formula is C24H20F3N5O. The summed E-state index contributed by atoms with van der Waals surface area (Å²) in [6.45, 7) is 2.45. The molecule has 0 saturated carbocycles. The number of hydrazine groups is 1. The highest BCUT2D eigenvalue weighted by Gasteiger charge is 2.34. The van der Waals surface area contributed by atoms with Crippen molar-refractivity contribution < 1.29 is 13.2 Å². The highest BCUT2D eigenvalue weighted by atomic mass is 19.4. The molecule has 1 N–H and O–H groups in total. The molecule has 0 amide bonds. The van der Waals surface area contributed by atoms with Crippen LogP contribution in [0.4, 0.5) is 13.2 Å². The first-order valence-corrected chi connectivity index (χ1v) is 10.4. The Kier molecular flexibility index (Phi) is 5.13. The summed E-state index contributed by atoms with van der Waals surface area (Å²) in [7, 11) is 0. The van der Waals surface area contributed by atoms with Gasteiger partial charge in [0.1, 0.15) is 0 Å². The highest BCUT2D eigenvalue weighted by molar-refractivity contribution is 6.01. The van der Waals surface area contributed by atoms with E-state index in [4.69, 9.17) is 4.99 Å². The molecule has 33 heavy (non-hydrogen) atoms. The van der Waals surface area contributed by atoms with Gasteiger partial charge in [-0.25, -0.2) is 0 Å². The third-order valence-corrected chi connectivity index (χ3v) is 5.74. The summed E-state index contributed by atoms with van der Waals surface area (Å²) < 4.78 is 42.5. The Balaban J connectivity index is 1.74. The second-order valence-corrected chi connectivity index (χ2v) is 7.86. The smallest absolute Gasteiger partial charge is 0.323 e. The molecule has 6 nitrogen and oxygen atoms in total. The number of nitrogens with one attached hydrogen (secondary N) is 1. The van der Waals surface area contributed by atoms with Crippen molar-refractivity contribution in [1.82, 2.24) is 15.0 Å². The Hall–Kier alpha value is -3.72. The van der Waals surface area contributed by atoms with Crippen LogP contribution in [0.3, 0.4) is 0 Å². The number of rotatable bonds is 3. The summed E-state index contributed by atoms with van der Waals surface area (Å²) in [6.07, 6.45) is 0.432. The second kappa shape index (κ2) is 8.00. The lowest BCUT2D eigenvalue weighted by Crippen LogP contribution is -2.46. The summed E-state index contributed by atoms with van der Waals surface area (Å²) in [5.74, 6) is 0. The fraction of sp³-hybridized carbons (Fsp3) is 0.208. The molecule has 3 aromatic rings. The zero-order valence-electron chi connectivity index (χ0n) is 17.6. The third-order valence-electron chi connectivity index (χ3n) is 5.74. The van der Waals surface area contributed by atoms with Crippen LogP contribution in [-0.4, -0.2) is 34.2 Å². The number of alkyl halides is 3. The lowest BCUT2D eigenvalue weighted by Gasteiger charge is -2.27. The van der Waals surface area contributed by atoms with Crippen molar-refractivity contribution in [1.29, 1.82) is 0 Å². The SMILES string of the molecule is C[C@H](N=C1C=CNN2CC=NC12)c1cc2cccc(C(F)(F)F)c2c(=O)n1-c1ccccc1. The quantitative estimate of drug-likeness (QED) is 0.648. The van der Waals surface area contributed by atoms with Gasteiger partial charge in [0.25, 0.3) is 5.56 Å². The van der Waals surface area contributed by atoms with Crippen LogP contribution in [0.15, 0.2) is 81.7 Å². The van der Waals surface area contributed by atoms with Gasteiger partial charge in [0, 0.05) is 18.1 Å². The van der Waals surface area contributed by atoms with Crippen LogP contribution >= 0.6 is 0 Å². The molecule has 0 aliphatic carbocycles. The molecule has 0 fully saturated rings. The first-order valence-electron chi connectivity index (χ1n) is 10.4. The molecule has 2 atom stereocenters. The number of para-hydroxylation sites is 1. The van der Waals surface area contributed by atoms with Gasteiger partial charge in [-0.3, -0.25) is 19.3 Å². The minimum absolute atomic E-state index is 0.227. The van der Waals surface area contributed by atoms with Crippen molar-refractivity contribution in [3.05, 3.63) is 88.5 Å². The number of nitrogens with zero attached hydrogens (tertiary/aromatic N) is 4. The van der Waals surface area contributed by atoms with E-state index in [1.54, 1.807) is 48.8 Å². The first-order chi connectivity index (χ1) is 15.8. The predicted molar refractivity (Wildman–Crippen MR) is 122 cm³/mol. The standard InChI is InChI=1S/C24H20F3N5O/c1-15(30-19-10-11-29-31-13-12-28-22(19)31)20-14-16-6-5-9-18(24(25,26)27)21(16)23(33)32(20)17-7-3-2-4-8-17/h2-12,14-15,22,29H,13H2,1H3/t15-,22?/m0/s1. The van der Waals surface area contributed by atoms with Crippen molar-refractivity contribution in [2.45, 2.75) is 25.3 Å². The number of aliphatic imine (C=N–C) groups is 2. The molecular weight excluding hydrogens is 431 g/mol. The summed E-state index contributed by atoms with van der Waals surface area (Å²) in [4.78, 5) is 22.8. The maximum Gasteiger partial charge on any atom is 0.417 e. The summed E-state index contributed by atoms with van der Waals surface area (Å²) >= 11 is 0. The molecule has 2 aliphatic heterocycles. The van der Waals surface area contributed by atoms with Crippen molar-refractivity contribution in [3.8, 4) is 5.69 Å². The van der Waals surface area contributed by atoms with E-state index < -0.39 is 23.3 Å². The molecule has 2 aliphatic rings. The lowest BCUT2D eigenvalue weighted by molar-refractivity contribution is -0.136. The van der Waals surface area contributed by atoms with E-state index in [-0.39, 0.29) is 16.9 Å². The number of benzene rings is 2. The van der Waals surface area contributed by atoms with Crippen molar-refractivity contribution in [2.75, 3.05) is 6.54 Å². The van der Waals surface area contributed by atoms with Gasteiger partial charge in [0.05, 0.1) is 34.9 Å². The van der Waals surface area contributed by atoms with E-state index in [0.29, 0.717) is 23.6 Å². The summed E-state index contributed by atoms with van der Waals surface area (Å²) in [5, 5.41) is 1.78. The Morgan fingerprint density at radius 3 is 2.70 bits per heavy atom. The van der Waals surface area contributed by atoms with Crippen LogP contribution in [0.2, 0.25) is 0 Å². The second-order valence-electron chi connectivity index (χ2n) is 7.86. The number of aromatic nitrogens is 1. The summed E-state index contributed by atoms with van der Waals surface area (Å²) in [5.41, 5.74) is 3.09. The average Bonchev–Trinajstić information content (AvgIpc) is 3.28. The number of halogens is 3. The highest BCUT2D eigenvalue weighted by Crippen LogP contribution is 2.34. The van der Waals surface area contributed by atoms with Crippen LogP contribution in [0.25, 0.3) is 16.5 Å². The van der Waals surface area contributed by atoms with Crippen LogP contribution in [0.5, 0.6) is 0 Å². The van der Waals surface area contributed by atoms with Crippen molar-refractivity contribution in [3.63, 3.8) is 0 Å². The molecule has 0 spiro atoms. The van der Waals surface area contributed by atoms with E-state index >= 15 is 0 Å². The van der Waals surface area contributed by atoms with Crippen molar-refractivity contribution in [2.24, 2.45) is 9.98 Å². The Labute approximate surface area is 187 Å². The fourth-order valence-corrected chi connectivity index (χ4v) is 4.25. The predicted octanol–water partition coefficient (Wildman–Crippen LogP) is 4.26. The topological polar surface area (TPSA) is 62.0 Å². The molecule has 9 heteroatoms. The summed E-state index contributed by atoms with van der Waals surface area (Å²) in [6, 6.07) is 13.5. The van der Waals surface area contributed by atoms with Gasteiger partial charge < -0.3 is 5.43 Å². The fourth-order valence-electron chi connectivity index (χ4n) is 4.25. The molecule has 1 unspecified atom stereocenters. The van der Waals surface area contributed by atoms with Crippen LogP contribution < -0.4 is 11.0 Å². The number of fused-ring (bicyclic) bond motifs is 2. The zero-order valence-corrected chi connectivity index (χ0v) is 17.6. The molecule has 168 valence electrons. The van der Waals surface area contributed by atoms with Crippen LogP contribution in [0.1, 0.15) is 24.2 Å². The van der Waals surface area contributed by atoms with Gasteiger partial charge in [-0.15, -0.1) is 0 Å². The third kappa shape index (κ3) is 3.74. The van der Waals surface area contributed by atoms with Gasteiger partial charge in [-0.1, -0.05) is 30.3 Å². The molecule has 3 heterocycles. The van der Waals surface area contributed by atoms with E-state index in [1.165, 1.54) is 16.7 Å². The zero-order chi connectivity index (χ0) is 23.2. The first kappa shape index (κ1) is 21.1. The molecule has 2 aromatic carbocycles. The number of hydrogen-bond donors (Lipinski definition) is 1. The van der Waals surface area contributed by atoms with E-state index in [1.807, 2.05) is 18.0 Å². The average molecular weight is 451 g/mol. The van der Waals surface area contributed by atoms with E-state index in [2.05, 4.69) is 10.4 Å². The minimum atomic E-state index is -4.65. The number of pyridine rings is 1. The van der Waals surface area contributed by atoms with Gasteiger partial charge in [0.2, 0.25) is 0 Å². The number of hydrogen-bond acceptors (Lipinski definition) is 5. The maximum atomic E-state index is 13.7. The Morgan fingerprint density at radius 1 is 1.15 bits per heavy atom. The normalized spacial score (nSPS) is 20.2. The van der Waals surface area contributed by atoms with E-state index in [9.17, 15) is 18.0 Å². The monoisotopic (exact) mass is 451 g/mol. The molecule has 0 saturated heterocycles. The largest absolute Gasteiger partial charge is 0.417 e. The van der Waals surface area contributed by atoms with E-state index in [0.717, 1.165) is 6.07 Å². The molecule has 5 rings (SSSR count). The lowest BCUT2D eigenvalue weighted by atomic mass is 10.0. The maximum absolute atomic E-state index is 13.7. The molecule has 0 radical (unpaired) electrons. The van der Waals surface area contributed by atoms with Crippen LogP contribution in [-0.2, 0) is 6.18 Å². The Morgan fingerprint density at radius 2 is 1.94 bits per heavy atom. The van der Waals surface area contributed by atoms with Crippen molar-refractivity contribution >= 4 is 22.7 Å². The van der Waals surface area contributed by atoms with Gasteiger partial charge in [-0.2, -0.15) is 18.2 Å². The van der Waals surface area contributed by atoms with Gasteiger partial charge in [-0.05, 0) is 42.7 Å². The molecule has 0 bridgehead atoms.